The van der Waals surface area contributed by atoms with Gasteiger partial charge < -0.3 is 15.5 Å². The smallest absolute Gasteiger partial charge is 0.369 e. The molecule has 0 aromatic heterocycles. The van der Waals surface area contributed by atoms with Crippen LogP contribution >= 0.6 is 24.0 Å². The fraction of sp³-hybridized carbons (Fsp3) is 0.588. The summed E-state index contributed by atoms with van der Waals surface area (Å²) >= 11 is 0. The van der Waals surface area contributed by atoms with Gasteiger partial charge in [0.1, 0.15) is 5.82 Å². The lowest BCUT2D eigenvalue weighted by Gasteiger charge is -2.36. The van der Waals surface area contributed by atoms with Gasteiger partial charge in [0.15, 0.2) is 5.96 Å². The van der Waals surface area contributed by atoms with Crippen LogP contribution in [0.2, 0.25) is 0 Å². The van der Waals surface area contributed by atoms with E-state index in [4.69, 9.17) is 0 Å². The minimum Gasteiger partial charge on any atom is -0.369 e. The molecule has 154 valence electrons. The number of benzene rings is 1. The predicted molar refractivity (Wildman–Crippen MR) is 111 cm³/mol. The van der Waals surface area contributed by atoms with Crippen LogP contribution in [0.4, 0.5) is 23.2 Å². The van der Waals surface area contributed by atoms with Crippen LogP contribution in [0.15, 0.2) is 29.3 Å². The van der Waals surface area contributed by atoms with Gasteiger partial charge in [0.2, 0.25) is 0 Å². The molecule has 27 heavy (non-hydrogen) atoms. The summed E-state index contributed by atoms with van der Waals surface area (Å²) in [6, 6.07) is 6.48. The summed E-state index contributed by atoms with van der Waals surface area (Å²) in [5.74, 6) is 0.134. The van der Waals surface area contributed by atoms with Gasteiger partial charge in [-0.05, 0) is 24.3 Å². The molecular formula is C17H26F4IN5. The maximum atomic E-state index is 13.0. The van der Waals surface area contributed by atoms with Crippen LogP contribution in [0.25, 0.3) is 0 Å². The van der Waals surface area contributed by atoms with Crippen LogP contribution in [0.1, 0.15) is 6.42 Å². The van der Waals surface area contributed by atoms with Gasteiger partial charge in [-0.25, -0.2) is 4.39 Å². The molecule has 0 unspecified atom stereocenters. The minimum absolute atomic E-state index is 0. The topological polar surface area (TPSA) is 42.9 Å². The average molecular weight is 503 g/mol. The highest BCUT2D eigenvalue weighted by Crippen LogP contribution is 2.18. The Balaban J connectivity index is 0.00000364. The second kappa shape index (κ2) is 11.5. The van der Waals surface area contributed by atoms with Gasteiger partial charge in [0, 0.05) is 58.5 Å². The first-order valence-electron chi connectivity index (χ1n) is 8.61. The summed E-state index contributed by atoms with van der Waals surface area (Å²) in [5, 5.41) is 5.68. The van der Waals surface area contributed by atoms with Crippen LogP contribution in [-0.2, 0) is 0 Å². The Morgan fingerprint density at radius 2 is 1.63 bits per heavy atom. The van der Waals surface area contributed by atoms with Crippen LogP contribution in [0, 0.1) is 5.82 Å². The van der Waals surface area contributed by atoms with E-state index in [1.165, 1.54) is 19.2 Å². The van der Waals surface area contributed by atoms with Crippen molar-refractivity contribution < 1.29 is 17.6 Å². The van der Waals surface area contributed by atoms with Crippen LogP contribution in [0.3, 0.4) is 0 Å². The molecule has 1 aromatic carbocycles. The van der Waals surface area contributed by atoms with Gasteiger partial charge in [0.25, 0.3) is 0 Å². The van der Waals surface area contributed by atoms with Crippen LogP contribution < -0.4 is 15.5 Å². The number of rotatable bonds is 6. The number of hydrogen-bond acceptors (Lipinski definition) is 3. The molecule has 2 N–H and O–H groups in total. The van der Waals surface area contributed by atoms with Crippen molar-refractivity contribution in [2.24, 2.45) is 4.99 Å². The van der Waals surface area contributed by atoms with Crippen molar-refractivity contribution in [3.05, 3.63) is 30.1 Å². The molecule has 1 heterocycles. The highest BCUT2D eigenvalue weighted by atomic mass is 127. The number of nitrogens with one attached hydrogen (secondary N) is 2. The lowest BCUT2D eigenvalue weighted by molar-refractivity contribution is -0.132. The van der Waals surface area contributed by atoms with Crippen molar-refractivity contribution in [2.45, 2.75) is 12.6 Å². The zero-order valence-corrected chi connectivity index (χ0v) is 17.6. The molecule has 0 radical (unpaired) electrons. The van der Waals surface area contributed by atoms with E-state index in [2.05, 4.69) is 25.4 Å². The van der Waals surface area contributed by atoms with E-state index >= 15 is 0 Å². The van der Waals surface area contributed by atoms with Crippen molar-refractivity contribution in [3.8, 4) is 0 Å². The molecule has 10 heteroatoms. The molecular weight excluding hydrogens is 477 g/mol. The van der Waals surface area contributed by atoms with E-state index in [0.717, 1.165) is 38.4 Å². The van der Waals surface area contributed by atoms with Crippen molar-refractivity contribution in [1.82, 2.24) is 15.5 Å². The van der Waals surface area contributed by atoms with Crippen molar-refractivity contribution in [2.75, 3.05) is 57.8 Å². The normalized spacial score (nSPS) is 16.0. The lowest BCUT2D eigenvalue weighted by atomic mass is 10.2. The van der Waals surface area contributed by atoms with Gasteiger partial charge in [-0.3, -0.25) is 9.89 Å². The predicted octanol–water partition coefficient (Wildman–Crippen LogP) is 2.68. The van der Waals surface area contributed by atoms with Crippen molar-refractivity contribution >= 4 is 35.6 Å². The molecule has 1 saturated heterocycles. The van der Waals surface area contributed by atoms with E-state index in [9.17, 15) is 17.6 Å². The summed E-state index contributed by atoms with van der Waals surface area (Å²) in [7, 11) is 1.53. The van der Waals surface area contributed by atoms with Gasteiger partial charge in [-0.2, -0.15) is 13.2 Å². The van der Waals surface area contributed by atoms with E-state index in [1.54, 1.807) is 12.1 Å². The molecule has 1 fully saturated rings. The van der Waals surface area contributed by atoms with Gasteiger partial charge in [0.05, 0.1) is 6.42 Å². The third-order valence-electron chi connectivity index (χ3n) is 4.21. The lowest BCUT2D eigenvalue weighted by Crippen LogP contribution is -2.49. The highest BCUT2D eigenvalue weighted by molar-refractivity contribution is 14.0. The van der Waals surface area contributed by atoms with Crippen LogP contribution in [-0.4, -0.2) is 69.9 Å². The Morgan fingerprint density at radius 1 is 1.04 bits per heavy atom. The largest absolute Gasteiger partial charge is 0.390 e. The van der Waals surface area contributed by atoms with Crippen molar-refractivity contribution in [1.29, 1.82) is 0 Å². The Hall–Kier alpha value is -1.30. The molecule has 0 bridgehead atoms. The maximum absolute atomic E-state index is 13.0. The Labute approximate surface area is 174 Å². The number of aliphatic imine (C=N–C) groups is 1. The first-order valence-corrected chi connectivity index (χ1v) is 8.61. The van der Waals surface area contributed by atoms with Gasteiger partial charge >= 0.3 is 6.18 Å². The molecule has 1 aliphatic heterocycles. The summed E-state index contributed by atoms with van der Waals surface area (Å²) in [5.41, 5.74) is 1.01. The second-order valence-corrected chi connectivity index (χ2v) is 6.10. The average Bonchev–Trinajstić information content (AvgIpc) is 2.61. The molecule has 2 rings (SSSR count). The Morgan fingerprint density at radius 3 is 2.19 bits per heavy atom. The number of piperazine rings is 1. The van der Waals surface area contributed by atoms with Gasteiger partial charge in [-0.1, -0.05) is 0 Å². The zero-order chi connectivity index (χ0) is 19.0. The molecule has 5 nitrogen and oxygen atoms in total. The molecule has 1 aliphatic rings. The molecule has 0 aliphatic carbocycles. The number of hydrogen-bond donors (Lipinski definition) is 2. The van der Waals surface area contributed by atoms with Crippen LogP contribution in [0.5, 0.6) is 0 Å². The highest BCUT2D eigenvalue weighted by Gasteiger charge is 2.26. The minimum atomic E-state index is -4.17. The summed E-state index contributed by atoms with van der Waals surface area (Å²) in [4.78, 5) is 8.40. The molecule has 0 saturated carbocycles. The number of guanidine groups is 1. The molecule has 0 spiro atoms. The number of anilines is 1. The van der Waals surface area contributed by atoms with E-state index in [1.807, 2.05) is 0 Å². The number of halogens is 5. The Bertz CT molecular complexity index is 572. The quantitative estimate of drug-likeness (QED) is 0.271. The van der Waals surface area contributed by atoms with E-state index < -0.39 is 12.6 Å². The SMILES string of the molecule is CN=C(NCCN1CCN(c2ccc(F)cc2)CC1)NCCC(F)(F)F.I. The standard InChI is InChI=1S/C17H25F4N5.HI/c1-22-16(23-7-6-17(19,20)21)24-8-9-25-10-12-26(13-11-25)15-4-2-14(18)3-5-15;/h2-5H,6-13H2,1H3,(H2,22,23,24);1H. The fourth-order valence-electron chi connectivity index (χ4n) is 2.76. The van der Waals surface area contributed by atoms with Crippen molar-refractivity contribution in [3.63, 3.8) is 0 Å². The first-order chi connectivity index (χ1) is 12.4. The summed E-state index contributed by atoms with van der Waals surface area (Å²) < 4.78 is 49.4. The maximum Gasteiger partial charge on any atom is 0.390 e. The van der Waals surface area contributed by atoms with E-state index in [0.29, 0.717) is 12.5 Å². The number of nitrogens with zero attached hydrogens (tertiary/aromatic N) is 3. The summed E-state index contributed by atoms with van der Waals surface area (Å²) in [6.45, 7) is 4.63. The van der Waals surface area contributed by atoms with Gasteiger partial charge in [-0.15, -0.1) is 24.0 Å². The molecule has 0 amide bonds. The fourth-order valence-corrected chi connectivity index (χ4v) is 2.76. The zero-order valence-electron chi connectivity index (χ0n) is 15.2. The first kappa shape index (κ1) is 23.7. The molecule has 0 atom stereocenters. The number of alkyl halides is 3. The second-order valence-electron chi connectivity index (χ2n) is 6.10. The molecule has 1 aromatic rings. The monoisotopic (exact) mass is 503 g/mol. The third kappa shape index (κ3) is 8.96. The summed E-state index contributed by atoms with van der Waals surface area (Å²) in [6.07, 6.45) is -5.06. The van der Waals surface area contributed by atoms with E-state index in [-0.39, 0.29) is 36.3 Å². The third-order valence-corrected chi connectivity index (χ3v) is 4.21. The Kier molecular flexibility index (Phi) is 10.1.